The molecule has 0 aromatic carbocycles. The van der Waals surface area contributed by atoms with Crippen molar-refractivity contribution >= 4 is 17.9 Å². The quantitative estimate of drug-likeness (QED) is 0.188. The summed E-state index contributed by atoms with van der Waals surface area (Å²) in [5.74, 6) is -0.0775. The number of allylic oxidation sites excluding steroid dienone is 1. The van der Waals surface area contributed by atoms with Crippen molar-refractivity contribution in [2.45, 2.75) is 51.4 Å². The summed E-state index contributed by atoms with van der Waals surface area (Å²) in [5, 5.41) is 10.1. The second kappa shape index (κ2) is 10.4. The summed E-state index contributed by atoms with van der Waals surface area (Å²) in [4.78, 5) is 31.7. The standard InChI is InChI=1S/2C7H10O2.Na/c2*8-5-6-3-1-2-4-7(6)9;/h5,8H,1-4H2;5-6H,1-4H2;/q;;+1/p-1/b6-5+;;. The van der Waals surface area contributed by atoms with Gasteiger partial charge < -0.3 is 9.90 Å². The molecule has 4 nitrogen and oxygen atoms in total. The van der Waals surface area contributed by atoms with Crippen LogP contribution in [0.3, 0.4) is 0 Å². The van der Waals surface area contributed by atoms with E-state index in [2.05, 4.69) is 0 Å². The van der Waals surface area contributed by atoms with Crippen molar-refractivity contribution in [3.05, 3.63) is 11.8 Å². The number of hydrogen-bond donors (Lipinski definition) is 0. The van der Waals surface area contributed by atoms with Crippen molar-refractivity contribution in [1.29, 1.82) is 0 Å². The smallest absolute Gasteiger partial charge is 0.878 e. The number of ketones is 2. The molecule has 0 radical (unpaired) electrons. The molecule has 1 atom stereocenters. The van der Waals surface area contributed by atoms with E-state index in [1.807, 2.05) is 0 Å². The summed E-state index contributed by atoms with van der Waals surface area (Å²) < 4.78 is 0. The molecule has 2 rings (SSSR count). The Balaban J connectivity index is 0.000000324. The fraction of sp³-hybridized carbons (Fsp3) is 0.643. The summed E-state index contributed by atoms with van der Waals surface area (Å²) in [7, 11) is 0. The monoisotopic (exact) mass is 274 g/mol. The Kier molecular flexibility index (Phi) is 10.1. The molecule has 0 aromatic rings. The molecule has 19 heavy (non-hydrogen) atoms. The van der Waals surface area contributed by atoms with E-state index < -0.39 is 0 Å². The van der Waals surface area contributed by atoms with Crippen LogP contribution in [0.25, 0.3) is 0 Å². The number of rotatable bonds is 1. The summed E-state index contributed by atoms with van der Waals surface area (Å²) >= 11 is 0. The third kappa shape index (κ3) is 6.50. The van der Waals surface area contributed by atoms with Crippen LogP contribution in [0.5, 0.6) is 0 Å². The molecule has 1 unspecified atom stereocenters. The van der Waals surface area contributed by atoms with Crippen molar-refractivity contribution in [3.63, 3.8) is 0 Å². The third-order valence-corrected chi connectivity index (χ3v) is 3.37. The predicted molar refractivity (Wildman–Crippen MR) is 64.6 cm³/mol. The van der Waals surface area contributed by atoms with Crippen LogP contribution in [0, 0.1) is 5.92 Å². The first kappa shape index (κ1) is 18.6. The molecule has 2 aliphatic rings. The molecule has 0 aromatic heterocycles. The van der Waals surface area contributed by atoms with Crippen LogP contribution in [-0.2, 0) is 14.4 Å². The van der Waals surface area contributed by atoms with E-state index in [4.69, 9.17) is 0 Å². The van der Waals surface area contributed by atoms with Crippen molar-refractivity contribution in [2.75, 3.05) is 0 Å². The van der Waals surface area contributed by atoms with Crippen LogP contribution in [0.2, 0.25) is 0 Å². The van der Waals surface area contributed by atoms with Gasteiger partial charge in [0.25, 0.3) is 0 Å². The Labute approximate surface area is 135 Å². The minimum atomic E-state index is -0.265. The van der Waals surface area contributed by atoms with E-state index in [1.165, 1.54) is 0 Å². The maximum Gasteiger partial charge on any atom is 1.00 e. The van der Waals surface area contributed by atoms with Crippen LogP contribution in [0.15, 0.2) is 11.8 Å². The van der Waals surface area contributed by atoms with Gasteiger partial charge in [0.15, 0.2) is 5.78 Å². The van der Waals surface area contributed by atoms with E-state index in [1.54, 1.807) is 0 Å². The Morgan fingerprint density at radius 1 is 1.00 bits per heavy atom. The maximum atomic E-state index is 10.8. The van der Waals surface area contributed by atoms with E-state index in [0.29, 0.717) is 31.1 Å². The van der Waals surface area contributed by atoms with Crippen LogP contribution in [-0.4, -0.2) is 17.9 Å². The Hall–Kier alpha value is -0.450. The average molecular weight is 274 g/mol. The fourth-order valence-corrected chi connectivity index (χ4v) is 2.18. The van der Waals surface area contributed by atoms with Gasteiger partial charge in [0.2, 0.25) is 0 Å². The van der Waals surface area contributed by atoms with Crippen molar-refractivity contribution in [1.82, 2.24) is 0 Å². The zero-order valence-corrected chi connectivity index (χ0v) is 13.5. The number of carbonyl (C=O) groups is 3. The summed E-state index contributed by atoms with van der Waals surface area (Å²) in [6, 6.07) is 0. The molecular weight excluding hydrogens is 255 g/mol. The van der Waals surface area contributed by atoms with Crippen LogP contribution >= 0.6 is 0 Å². The van der Waals surface area contributed by atoms with E-state index >= 15 is 0 Å². The minimum Gasteiger partial charge on any atom is -0.878 e. The van der Waals surface area contributed by atoms with Gasteiger partial charge in [-0.05, 0) is 37.7 Å². The number of Topliss-reactive ketones (excluding diaryl/α,β-unsaturated/α-hetero) is 2. The van der Waals surface area contributed by atoms with Crippen molar-refractivity contribution in [2.24, 2.45) is 5.92 Å². The predicted octanol–water partition coefficient (Wildman–Crippen LogP) is -1.68. The Morgan fingerprint density at radius 2 is 1.63 bits per heavy atom. The van der Waals surface area contributed by atoms with Gasteiger partial charge in [0.1, 0.15) is 12.1 Å². The zero-order valence-electron chi connectivity index (χ0n) is 11.5. The third-order valence-electron chi connectivity index (χ3n) is 3.37. The van der Waals surface area contributed by atoms with Gasteiger partial charge in [0.05, 0.1) is 5.92 Å². The molecule has 0 saturated heterocycles. The SMILES string of the molecule is O=C1CCCC/C1=C\[O-].O=CC1CCCCC1=O.[Na+]. The van der Waals surface area contributed by atoms with Gasteiger partial charge in [-0.1, -0.05) is 6.42 Å². The van der Waals surface area contributed by atoms with E-state index in [-0.39, 0.29) is 47.0 Å². The van der Waals surface area contributed by atoms with Crippen LogP contribution < -0.4 is 34.7 Å². The fourth-order valence-electron chi connectivity index (χ4n) is 2.18. The molecule has 100 valence electrons. The molecular formula is C14H19NaO4. The second-order valence-corrected chi connectivity index (χ2v) is 4.73. The largest absolute Gasteiger partial charge is 1.00 e. The van der Waals surface area contributed by atoms with Gasteiger partial charge in [-0.2, -0.15) is 0 Å². The molecule has 0 aliphatic heterocycles. The van der Waals surface area contributed by atoms with Crippen molar-refractivity contribution in [3.8, 4) is 0 Å². The molecule has 0 amide bonds. The first-order valence-electron chi connectivity index (χ1n) is 6.51. The molecule has 0 bridgehead atoms. The molecule has 2 aliphatic carbocycles. The first-order chi connectivity index (χ1) is 8.69. The maximum absolute atomic E-state index is 10.8. The Bertz CT molecular complexity index is 349. The summed E-state index contributed by atoms with van der Waals surface area (Å²) in [6.07, 6.45) is 8.11. The van der Waals surface area contributed by atoms with Crippen LogP contribution in [0.1, 0.15) is 51.4 Å². The summed E-state index contributed by atoms with van der Waals surface area (Å²) in [5.41, 5.74) is 0.487. The van der Waals surface area contributed by atoms with Crippen molar-refractivity contribution < 1.29 is 49.0 Å². The number of hydrogen-bond acceptors (Lipinski definition) is 4. The van der Waals surface area contributed by atoms with Gasteiger partial charge >= 0.3 is 29.6 Å². The normalized spacial score (nSPS) is 25.1. The molecule has 0 heterocycles. The zero-order chi connectivity index (χ0) is 13.4. The summed E-state index contributed by atoms with van der Waals surface area (Å²) in [6.45, 7) is 0. The van der Waals surface area contributed by atoms with Gasteiger partial charge in [-0.25, -0.2) is 0 Å². The van der Waals surface area contributed by atoms with E-state index in [0.717, 1.165) is 38.4 Å². The van der Waals surface area contributed by atoms with E-state index in [9.17, 15) is 19.5 Å². The van der Waals surface area contributed by atoms with Crippen LogP contribution in [0.4, 0.5) is 0 Å². The topological polar surface area (TPSA) is 74.3 Å². The van der Waals surface area contributed by atoms with Gasteiger partial charge in [0, 0.05) is 12.8 Å². The number of aldehydes is 1. The second-order valence-electron chi connectivity index (χ2n) is 4.73. The minimum absolute atomic E-state index is 0. The number of carbonyl (C=O) groups excluding carboxylic acids is 3. The molecule has 0 N–H and O–H groups in total. The average Bonchev–Trinajstić information content (AvgIpc) is 2.41. The molecule has 2 fully saturated rings. The first-order valence-corrected chi connectivity index (χ1v) is 6.51. The molecule has 5 heteroatoms. The Morgan fingerprint density at radius 3 is 2.05 bits per heavy atom. The molecule has 0 spiro atoms. The molecule has 2 saturated carbocycles. The van der Waals surface area contributed by atoms with Gasteiger partial charge in [-0.3, -0.25) is 9.59 Å². The van der Waals surface area contributed by atoms with Gasteiger partial charge in [-0.15, -0.1) is 6.26 Å².